The molecule has 0 aliphatic rings. The molecular formula is C21H19Cl2N3O2S. The van der Waals surface area contributed by atoms with E-state index in [-0.39, 0.29) is 26.9 Å². The van der Waals surface area contributed by atoms with E-state index in [4.69, 9.17) is 35.4 Å². The number of aromatic nitrogens is 2. The minimum absolute atomic E-state index is 0.00333. The zero-order chi connectivity index (χ0) is 21.0. The quantitative estimate of drug-likeness (QED) is 0.373. The van der Waals surface area contributed by atoms with Crippen molar-refractivity contribution in [1.29, 1.82) is 0 Å². The number of nitrogens with zero attached hydrogens (tertiary/aromatic N) is 2. The van der Waals surface area contributed by atoms with E-state index in [0.717, 1.165) is 24.9 Å². The van der Waals surface area contributed by atoms with E-state index in [0.29, 0.717) is 5.11 Å². The lowest BCUT2D eigenvalue weighted by Crippen LogP contribution is -2.19. The largest absolute Gasteiger partial charge is 0.506 e. The fourth-order valence-electron chi connectivity index (χ4n) is 2.76. The fraction of sp³-hybridized carbons (Fsp3) is 0.190. The van der Waals surface area contributed by atoms with Crippen LogP contribution in [0.3, 0.4) is 0 Å². The number of benzene rings is 2. The summed E-state index contributed by atoms with van der Waals surface area (Å²) in [6.45, 7) is 2.17. The van der Waals surface area contributed by atoms with Gasteiger partial charge in [0, 0.05) is 16.9 Å². The van der Waals surface area contributed by atoms with Crippen molar-refractivity contribution in [2.45, 2.75) is 26.2 Å². The van der Waals surface area contributed by atoms with E-state index >= 15 is 0 Å². The van der Waals surface area contributed by atoms with Crippen molar-refractivity contribution in [3.8, 4) is 5.75 Å². The van der Waals surface area contributed by atoms with Crippen molar-refractivity contribution in [3.05, 3.63) is 75.5 Å². The molecule has 3 rings (SSSR count). The molecule has 0 fully saturated rings. The standard InChI is InChI=1S/C21H19Cl2N3O2S/c1-2-3-4-13-5-7-16(8-6-13)25-21(29)26-12-14(11-24-26)19(27)17-9-15(22)10-18(23)20(17)28/h5-12,28H,2-4H2,1H3,(H,25,29). The highest BCUT2D eigenvalue weighted by Gasteiger charge is 2.19. The predicted octanol–water partition coefficient (Wildman–Crippen LogP) is 5.71. The second kappa shape index (κ2) is 9.39. The lowest BCUT2D eigenvalue weighted by molar-refractivity contribution is 0.103. The third-order valence-electron chi connectivity index (χ3n) is 4.35. The Hall–Kier alpha value is -2.41. The Morgan fingerprint density at radius 1 is 1.24 bits per heavy atom. The van der Waals surface area contributed by atoms with E-state index in [1.165, 1.54) is 34.8 Å². The highest BCUT2D eigenvalue weighted by atomic mass is 35.5. The van der Waals surface area contributed by atoms with Crippen LogP contribution in [0.2, 0.25) is 10.0 Å². The summed E-state index contributed by atoms with van der Waals surface area (Å²) in [5.74, 6) is -0.779. The van der Waals surface area contributed by atoms with E-state index in [1.807, 2.05) is 12.1 Å². The number of rotatable bonds is 6. The number of hydrogen-bond acceptors (Lipinski definition) is 4. The molecule has 5 nitrogen and oxygen atoms in total. The molecule has 3 aromatic rings. The molecular weight excluding hydrogens is 429 g/mol. The first-order valence-electron chi connectivity index (χ1n) is 9.06. The van der Waals surface area contributed by atoms with Crippen LogP contribution in [0.1, 0.15) is 41.3 Å². The first kappa shape index (κ1) is 21.3. The zero-order valence-corrected chi connectivity index (χ0v) is 18.0. The van der Waals surface area contributed by atoms with Gasteiger partial charge < -0.3 is 10.4 Å². The van der Waals surface area contributed by atoms with Crippen molar-refractivity contribution < 1.29 is 9.90 Å². The maximum atomic E-state index is 12.7. The first-order chi connectivity index (χ1) is 13.9. The molecule has 29 heavy (non-hydrogen) atoms. The number of phenols is 1. The van der Waals surface area contributed by atoms with Crippen molar-refractivity contribution in [3.63, 3.8) is 0 Å². The number of thiocarbonyl (C=S) groups is 1. The number of aromatic hydroxyl groups is 1. The molecule has 0 saturated carbocycles. The minimum Gasteiger partial charge on any atom is -0.506 e. The number of carbonyl (C=O) groups is 1. The number of carbonyl (C=O) groups excluding carboxylic acids is 1. The van der Waals surface area contributed by atoms with Crippen LogP contribution in [0, 0.1) is 0 Å². The Bertz CT molecular complexity index is 1050. The fourth-order valence-corrected chi connectivity index (χ4v) is 3.47. The second-order valence-electron chi connectivity index (χ2n) is 6.52. The Labute approximate surface area is 184 Å². The second-order valence-corrected chi connectivity index (χ2v) is 7.75. The summed E-state index contributed by atoms with van der Waals surface area (Å²) in [6, 6.07) is 10.8. The lowest BCUT2D eigenvalue weighted by atomic mass is 10.1. The molecule has 0 spiro atoms. The van der Waals surface area contributed by atoms with Gasteiger partial charge in [0.05, 0.1) is 22.3 Å². The molecule has 0 atom stereocenters. The first-order valence-corrected chi connectivity index (χ1v) is 10.2. The summed E-state index contributed by atoms with van der Waals surface area (Å²) in [5.41, 5.74) is 2.36. The summed E-state index contributed by atoms with van der Waals surface area (Å²) in [5, 5.41) is 17.9. The normalized spacial score (nSPS) is 10.7. The highest BCUT2D eigenvalue weighted by molar-refractivity contribution is 7.80. The smallest absolute Gasteiger partial charge is 0.200 e. The van der Waals surface area contributed by atoms with Gasteiger partial charge >= 0.3 is 0 Å². The highest BCUT2D eigenvalue weighted by Crippen LogP contribution is 2.32. The van der Waals surface area contributed by atoms with Crippen LogP contribution in [-0.4, -0.2) is 25.8 Å². The molecule has 0 saturated heterocycles. The van der Waals surface area contributed by atoms with E-state index in [1.54, 1.807) is 0 Å². The minimum atomic E-state index is -0.457. The monoisotopic (exact) mass is 447 g/mol. The van der Waals surface area contributed by atoms with Gasteiger partial charge in [-0.25, -0.2) is 4.68 Å². The zero-order valence-electron chi connectivity index (χ0n) is 15.7. The van der Waals surface area contributed by atoms with Gasteiger partial charge in [0.15, 0.2) is 10.9 Å². The van der Waals surface area contributed by atoms with Gasteiger partial charge in [-0.15, -0.1) is 0 Å². The van der Waals surface area contributed by atoms with Gasteiger partial charge in [0.2, 0.25) is 0 Å². The van der Waals surface area contributed by atoms with Crippen LogP contribution in [0.15, 0.2) is 48.8 Å². The number of nitrogens with one attached hydrogen (secondary N) is 1. The Balaban J connectivity index is 1.72. The van der Waals surface area contributed by atoms with Crippen molar-refractivity contribution >= 4 is 52.0 Å². The molecule has 0 unspecified atom stereocenters. The van der Waals surface area contributed by atoms with Crippen LogP contribution in [-0.2, 0) is 6.42 Å². The summed E-state index contributed by atoms with van der Waals surface area (Å²) in [4.78, 5) is 12.7. The lowest BCUT2D eigenvalue weighted by Gasteiger charge is -2.08. The van der Waals surface area contributed by atoms with Gasteiger partial charge in [0.1, 0.15) is 5.75 Å². The number of ketones is 1. The van der Waals surface area contributed by atoms with Crippen molar-refractivity contribution in [2.24, 2.45) is 0 Å². The molecule has 2 N–H and O–H groups in total. The van der Waals surface area contributed by atoms with E-state index in [9.17, 15) is 9.90 Å². The van der Waals surface area contributed by atoms with Gasteiger partial charge in [-0.3, -0.25) is 4.79 Å². The molecule has 0 bridgehead atoms. The molecule has 8 heteroatoms. The molecule has 1 aromatic heterocycles. The number of unbranched alkanes of at least 4 members (excludes halogenated alkanes) is 1. The van der Waals surface area contributed by atoms with Crippen LogP contribution >= 0.6 is 35.4 Å². The number of aryl methyl sites for hydroxylation is 1. The van der Waals surface area contributed by atoms with Crippen molar-refractivity contribution in [1.82, 2.24) is 9.78 Å². The van der Waals surface area contributed by atoms with Crippen LogP contribution in [0.5, 0.6) is 5.75 Å². The SMILES string of the molecule is CCCCc1ccc(NC(=S)n2cc(C(=O)c3cc(Cl)cc(Cl)c3O)cn2)cc1. The van der Waals surface area contributed by atoms with E-state index < -0.39 is 5.78 Å². The third-order valence-corrected chi connectivity index (χ3v) is 5.15. The van der Waals surface area contributed by atoms with Gasteiger partial charge in [0.25, 0.3) is 0 Å². The average molecular weight is 448 g/mol. The topological polar surface area (TPSA) is 67.2 Å². The van der Waals surface area contributed by atoms with Gasteiger partial charge in [-0.2, -0.15) is 5.10 Å². The molecule has 0 aliphatic heterocycles. The van der Waals surface area contributed by atoms with Crippen molar-refractivity contribution in [2.75, 3.05) is 5.32 Å². The predicted molar refractivity (Wildman–Crippen MR) is 120 cm³/mol. The van der Waals surface area contributed by atoms with E-state index in [2.05, 4.69) is 29.5 Å². The summed E-state index contributed by atoms with van der Waals surface area (Å²) in [7, 11) is 0. The van der Waals surface area contributed by atoms with Crippen LogP contribution in [0.4, 0.5) is 5.69 Å². The summed E-state index contributed by atoms with van der Waals surface area (Å²) < 4.78 is 1.39. The molecule has 0 amide bonds. The number of phenolic OH excluding ortho intramolecular Hbond substituents is 1. The van der Waals surface area contributed by atoms with Crippen LogP contribution < -0.4 is 5.32 Å². The number of anilines is 1. The average Bonchev–Trinajstić information content (AvgIpc) is 3.20. The molecule has 1 heterocycles. The van der Waals surface area contributed by atoms with Gasteiger partial charge in [-0.1, -0.05) is 48.7 Å². The third kappa shape index (κ3) is 5.15. The molecule has 2 aromatic carbocycles. The maximum Gasteiger partial charge on any atom is 0.200 e. The Kier molecular flexibility index (Phi) is 6.90. The Morgan fingerprint density at radius 3 is 2.66 bits per heavy atom. The molecule has 0 aliphatic carbocycles. The Morgan fingerprint density at radius 2 is 1.97 bits per heavy atom. The van der Waals surface area contributed by atoms with Crippen LogP contribution in [0.25, 0.3) is 0 Å². The number of hydrogen-bond donors (Lipinski definition) is 2. The molecule has 0 radical (unpaired) electrons. The molecule has 150 valence electrons. The number of halogens is 2. The summed E-state index contributed by atoms with van der Waals surface area (Å²) >= 11 is 17.2. The van der Waals surface area contributed by atoms with Gasteiger partial charge in [-0.05, 0) is 54.9 Å². The summed E-state index contributed by atoms with van der Waals surface area (Å²) in [6.07, 6.45) is 6.22. The maximum absolute atomic E-state index is 12.7.